The van der Waals surface area contributed by atoms with Crippen molar-refractivity contribution in [2.24, 2.45) is 5.41 Å². The second-order valence-electron chi connectivity index (χ2n) is 5.63. The molecule has 0 aromatic heterocycles. The summed E-state index contributed by atoms with van der Waals surface area (Å²) in [6.45, 7) is 7.56. The van der Waals surface area contributed by atoms with Crippen molar-refractivity contribution in [1.82, 2.24) is 5.32 Å². The molecule has 108 valence electrons. The zero-order valence-corrected chi connectivity index (χ0v) is 13.8. The van der Waals surface area contributed by atoms with Gasteiger partial charge in [0.1, 0.15) is 5.75 Å². The van der Waals surface area contributed by atoms with Gasteiger partial charge in [-0.1, -0.05) is 35.8 Å². The quantitative estimate of drug-likeness (QED) is 0.804. The first-order valence-corrected chi connectivity index (χ1v) is 7.36. The molecule has 19 heavy (non-hydrogen) atoms. The molecule has 1 unspecified atom stereocenters. The maximum Gasteiger partial charge on any atom is 0.120 e. The van der Waals surface area contributed by atoms with Crippen molar-refractivity contribution < 1.29 is 9.84 Å². The van der Waals surface area contributed by atoms with Gasteiger partial charge in [-0.3, -0.25) is 0 Å². The first-order chi connectivity index (χ1) is 8.89. The Balaban J connectivity index is 2.65. The Hall–Kier alpha value is -0.580. The largest absolute Gasteiger partial charge is 0.497 e. The second kappa shape index (κ2) is 7.27. The number of hydrogen-bond donors (Lipinski definition) is 2. The number of benzene rings is 1. The van der Waals surface area contributed by atoms with Crippen LogP contribution in [0.15, 0.2) is 22.7 Å². The van der Waals surface area contributed by atoms with Crippen LogP contribution in [0.25, 0.3) is 0 Å². The number of nitrogens with one attached hydrogen (secondary N) is 1. The number of rotatable bonds is 7. The van der Waals surface area contributed by atoms with Gasteiger partial charge in [0, 0.05) is 23.7 Å². The summed E-state index contributed by atoms with van der Waals surface area (Å²) in [7, 11) is 1.67. The second-order valence-corrected chi connectivity index (χ2v) is 6.48. The van der Waals surface area contributed by atoms with Gasteiger partial charge >= 0.3 is 0 Å². The molecule has 0 aliphatic rings. The highest BCUT2D eigenvalue weighted by molar-refractivity contribution is 9.10. The van der Waals surface area contributed by atoms with Crippen molar-refractivity contribution >= 4 is 15.9 Å². The average molecular weight is 330 g/mol. The standard InChI is InChI=1S/C15H24BrNO2/c1-11(17-10-15(2,3)7-8-18)13-6-5-12(19-4)9-14(13)16/h5-6,9,11,17-18H,7-8,10H2,1-4H3. The summed E-state index contributed by atoms with van der Waals surface area (Å²) in [5.74, 6) is 0.850. The lowest BCUT2D eigenvalue weighted by Crippen LogP contribution is -2.32. The van der Waals surface area contributed by atoms with Gasteiger partial charge in [0.05, 0.1) is 7.11 Å². The molecule has 0 spiro atoms. The molecule has 0 radical (unpaired) electrons. The third-order valence-corrected chi connectivity index (χ3v) is 4.04. The summed E-state index contributed by atoms with van der Waals surface area (Å²) in [5.41, 5.74) is 1.31. The molecule has 0 fully saturated rings. The lowest BCUT2D eigenvalue weighted by molar-refractivity contribution is 0.203. The van der Waals surface area contributed by atoms with E-state index in [0.29, 0.717) is 0 Å². The van der Waals surface area contributed by atoms with Crippen molar-refractivity contribution in [2.45, 2.75) is 33.2 Å². The van der Waals surface area contributed by atoms with Gasteiger partial charge in [-0.2, -0.15) is 0 Å². The van der Waals surface area contributed by atoms with Crippen LogP contribution in [0.3, 0.4) is 0 Å². The smallest absolute Gasteiger partial charge is 0.120 e. The molecule has 4 heteroatoms. The number of methoxy groups -OCH3 is 1. The van der Waals surface area contributed by atoms with E-state index in [4.69, 9.17) is 9.84 Å². The van der Waals surface area contributed by atoms with E-state index in [9.17, 15) is 0 Å². The lowest BCUT2D eigenvalue weighted by Gasteiger charge is -2.27. The van der Waals surface area contributed by atoms with Gasteiger partial charge in [-0.05, 0) is 36.5 Å². The van der Waals surface area contributed by atoms with E-state index < -0.39 is 0 Å². The Morgan fingerprint density at radius 1 is 1.42 bits per heavy atom. The van der Waals surface area contributed by atoms with E-state index in [0.717, 1.165) is 23.2 Å². The number of ether oxygens (including phenoxy) is 1. The monoisotopic (exact) mass is 329 g/mol. The van der Waals surface area contributed by atoms with Gasteiger partial charge in [0.15, 0.2) is 0 Å². The van der Waals surface area contributed by atoms with Crippen molar-refractivity contribution in [3.05, 3.63) is 28.2 Å². The molecule has 0 saturated carbocycles. The minimum atomic E-state index is 0.0992. The molecule has 0 bridgehead atoms. The third-order valence-electron chi connectivity index (χ3n) is 3.35. The van der Waals surface area contributed by atoms with Gasteiger partial charge in [-0.25, -0.2) is 0 Å². The Bertz CT molecular complexity index is 407. The molecule has 1 rings (SSSR count). The van der Waals surface area contributed by atoms with Crippen LogP contribution in [0.1, 0.15) is 38.8 Å². The molecular formula is C15H24BrNO2. The van der Waals surface area contributed by atoms with Crippen molar-refractivity contribution in [1.29, 1.82) is 0 Å². The van der Waals surface area contributed by atoms with Crippen molar-refractivity contribution in [3.63, 3.8) is 0 Å². The van der Waals surface area contributed by atoms with E-state index in [1.54, 1.807) is 7.11 Å². The predicted molar refractivity (Wildman–Crippen MR) is 82.6 cm³/mol. The Morgan fingerprint density at radius 2 is 2.11 bits per heavy atom. The highest BCUT2D eigenvalue weighted by Gasteiger charge is 2.19. The fourth-order valence-electron chi connectivity index (χ4n) is 1.92. The summed E-state index contributed by atoms with van der Waals surface area (Å²) in [5, 5.41) is 12.6. The fourth-order valence-corrected chi connectivity index (χ4v) is 2.62. The first-order valence-electron chi connectivity index (χ1n) is 6.57. The van der Waals surface area contributed by atoms with Crippen LogP contribution in [0.5, 0.6) is 5.75 Å². The van der Waals surface area contributed by atoms with Gasteiger partial charge < -0.3 is 15.2 Å². The van der Waals surface area contributed by atoms with Crippen LogP contribution in [0.2, 0.25) is 0 Å². The van der Waals surface area contributed by atoms with Crippen LogP contribution >= 0.6 is 15.9 Å². The van der Waals surface area contributed by atoms with Crippen molar-refractivity contribution in [2.75, 3.05) is 20.3 Å². The molecule has 1 aromatic carbocycles. The minimum Gasteiger partial charge on any atom is -0.497 e. The van der Waals surface area contributed by atoms with Gasteiger partial charge in [0.2, 0.25) is 0 Å². The maximum absolute atomic E-state index is 9.04. The number of halogens is 1. The van der Waals surface area contributed by atoms with E-state index in [1.807, 2.05) is 12.1 Å². The molecule has 0 aliphatic carbocycles. The maximum atomic E-state index is 9.04. The minimum absolute atomic E-state index is 0.0992. The molecular weight excluding hydrogens is 306 g/mol. The zero-order valence-electron chi connectivity index (χ0n) is 12.2. The van der Waals surface area contributed by atoms with Crippen LogP contribution in [-0.2, 0) is 0 Å². The third kappa shape index (κ3) is 5.13. The van der Waals surface area contributed by atoms with Gasteiger partial charge in [0.25, 0.3) is 0 Å². The van der Waals surface area contributed by atoms with E-state index in [2.05, 4.69) is 48.1 Å². The molecule has 0 amide bonds. The normalized spacial score (nSPS) is 13.4. The van der Waals surface area contributed by atoms with Crippen LogP contribution in [-0.4, -0.2) is 25.4 Å². The number of hydrogen-bond acceptors (Lipinski definition) is 3. The Labute approximate surface area is 124 Å². The molecule has 0 saturated heterocycles. The van der Waals surface area contributed by atoms with Crippen LogP contribution in [0.4, 0.5) is 0 Å². The van der Waals surface area contributed by atoms with Gasteiger partial charge in [-0.15, -0.1) is 0 Å². The summed E-state index contributed by atoms with van der Waals surface area (Å²) < 4.78 is 6.25. The Kier molecular flexibility index (Phi) is 6.30. The molecule has 0 heterocycles. The highest BCUT2D eigenvalue weighted by Crippen LogP contribution is 2.28. The zero-order chi connectivity index (χ0) is 14.5. The molecule has 3 nitrogen and oxygen atoms in total. The number of aliphatic hydroxyl groups is 1. The molecule has 2 N–H and O–H groups in total. The lowest BCUT2D eigenvalue weighted by atomic mass is 9.89. The molecule has 1 aromatic rings. The summed E-state index contributed by atoms with van der Waals surface area (Å²) in [6, 6.07) is 6.27. The summed E-state index contributed by atoms with van der Waals surface area (Å²) >= 11 is 3.58. The molecule has 1 atom stereocenters. The van der Waals surface area contributed by atoms with E-state index in [1.165, 1.54) is 5.56 Å². The van der Waals surface area contributed by atoms with Crippen LogP contribution < -0.4 is 10.1 Å². The highest BCUT2D eigenvalue weighted by atomic mass is 79.9. The van der Waals surface area contributed by atoms with Crippen molar-refractivity contribution in [3.8, 4) is 5.75 Å². The number of aliphatic hydroxyl groups excluding tert-OH is 1. The van der Waals surface area contributed by atoms with E-state index >= 15 is 0 Å². The fraction of sp³-hybridized carbons (Fsp3) is 0.600. The van der Waals surface area contributed by atoms with E-state index in [-0.39, 0.29) is 18.1 Å². The summed E-state index contributed by atoms with van der Waals surface area (Å²) in [4.78, 5) is 0. The average Bonchev–Trinajstić information content (AvgIpc) is 2.36. The SMILES string of the molecule is COc1ccc(C(C)NCC(C)(C)CCO)c(Br)c1. The summed E-state index contributed by atoms with van der Waals surface area (Å²) in [6.07, 6.45) is 0.802. The van der Waals surface area contributed by atoms with Crippen LogP contribution in [0, 0.1) is 5.41 Å². The topological polar surface area (TPSA) is 41.5 Å². The predicted octanol–water partition coefficient (Wildman–Crippen LogP) is 3.52. The first kappa shape index (κ1) is 16.5. The Morgan fingerprint density at radius 3 is 2.63 bits per heavy atom. The molecule has 0 aliphatic heterocycles.